The van der Waals surface area contributed by atoms with Crippen molar-refractivity contribution in [2.24, 2.45) is 0 Å². The SMILES string of the molecule is Cc1cc(C(=O)CN2CCCSCC2)c(C)[nH]1. The van der Waals surface area contributed by atoms with Crippen molar-refractivity contribution in [3.63, 3.8) is 0 Å². The number of H-pyrrole nitrogens is 1. The maximum absolute atomic E-state index is 12.2. The van der Waals surface area contributed by atoms with Gasteiger partial charge in [-0.2, -0.15) is 11.8 Å². The standard InChI is InChI=1S/C13H20N2OS/c1-10-8-12(11(2)14-10)13(16)9-15-4-3-6-17-7-5-15/h8,14H,3-7,9H2,1-2H3. The monoisotopic (exact) mass is 252 g/mol. The number of ketones is 1. The molecule has 94 valence electrons. The molecule has 17 heavy (non-hydrogen) atoms. The van der Waals surface area contributed by atoms with E-state index in [0.717, 1.165) is 35.8 Å². The number of thioether (sulfide) groups is 1. The fourth-order valence-corrected chi connectivity index (χ4v) is 3.18. The molecule has 1 N–H and O–H groups in total. The Kier molecular flexibility index (Phi) is 4.29. The van der Waals surface area contributed by atoms with Crippen molar-refractivity contribution in [3.05, 3.63) is 23.0 Å². The Morgan fingerprint density at radius 3 is 2.94 bits per heavy atom. The van der Waals surface area contributed by atoms with E-state index in [1.165, 1.54) is 12.2 Å². The summed E-state index contributed by atoms with van der Waals surface area (Å²) in [4.78, 5) is 17.7. The van der Waals surface area contributed by atoms with Crippen molar-refractivity contribution in [2.75, 3.05) is 31.1 Å². The van der Waals surface area contributed by atoms with E-state index >= 15 is 0 Å². The lowest BCUT2D eigenvalue weighted by atomic mass is 10.1. The second kappa shape index (κ2) is 5.74. The van der Waals surface area contributed by atoms with Crippen LogP contribution in [0.15, 0.2) is 6.07 Å². The highest BCUT2D eigenvalue weighted by Crippen LogP contribution is 2.13. The number of Topliss-reactive ketones (excluding diaryl/α,β-unsaturated/α-hetero) is 1. The quantitative estimate of drug-likeness (QED) is 0.838. The smallest absolute Gasteiger partial charge is 0.178 e. The van der Waals surface area contributed by atoms with E-state index in [2.05, 4.69) is 9.88 Å². The number of nitrogens with one attached hydrogen (secondary N) is 1. The Morgan fingerprint density at radius 2 is 2.24 bits per heavy atom. The molecular formula is C13H20N2OS. The number of hydrogen-bond acceptors (Lipinski definition) is 3. The van der Waals surface area contributed by atoms with Crippen LogP contribution in [0, 0.1) is 13.8 Å². The molecule has 2 rings (SSSR count). The van der Waals surface area contributed by atoms with Crippen LogP contribution in [0.2, 0.25) is 0 Å². The van der Waals surface area contributed by atoms with E-state index in [1.54, 1.807) is 0 Å². The van der Waals surface area contributed by atoms with Crippen LogP contribution in [0.4, 0.5) is 0 Å². The zero-order valence-corrected chi connectivity index (χ0v) is 11.4. The van der Waals surface area contributed by atoms with Crippen molar-refractivity contribution in [3.8, 4) is 0 Å². The van der Waals surface area contributed by atoms with Crippen LogP contribution in [0.1, 0.15) is 28.2 Å². The van der Waals surface area contributed by atoms with Crippen LogP contribution in [-0.4, -0.2) is 46.8 Å². The van der Waals surface area contributed by atoms with Crippen molar-refractivity contribution in [2.45, 2.75) is 20.3 Å². The Labute approximate surface area is 107 Å². The van der Waals surface area contributed by atoms with Gasteiger partial charge in [0.15, 0.2) is 5.78 Å². The first-order valence-electron chi connectivity index (χ1n) is 6.16. The molecule has 0 radical (unpaired) electrons. The first kappa shape index (κ1) is 12.7. The highest BCUT2D eigenvalue weighted by Gasteiger charge is 2.16. The van der Waals surface area contributed by atoms with Gasteiger partial charge in [-0.15, -0.1) is 0 Å². The summed E-state index contributed by atoms with van der Waals surface area (Å²) in [6.07, 6.45) is 1.20. The minimum Gasteiger partial charge on any atom is -0.362 e. The molecule has 0 unspecified atom stereocenters. The molecule has 0 spiro atoms. The molecule has 4 heteroatoms. The summed E-state index contributed by atoms with van der Waals surface area (Å²) < 4.78 is 0. The summed E-state index contributed by atoms with van der Waals surface area (Å²) in [6.45, 7) is 6.63. The number of aromatic nitrogens is 1. The molecule has 0 amide bonds. The average molecular weight is 252 g/mol. The van der Waals surface area contributed by atoms with Gasteiger partial charge >= 0.3 is 0 Å². The van der Waals surface area contributed by atoms with Gasteiger partial charge in [0.2, 0.25) is 0 Å². The Bertz CT molecular complexity index is 392. The first-order valence-corrected chi connectivity index (χ1v) is 7.32. The Balaban J connectivity index is 1.98. The van der Waals surface area contributed by atoms with E-state index in [4.69, 9.17) is 0 Å². The normalized spacial score (nSPS) is 18.0. The molecule has 3 nitrogen and oxygen atoms in total. The second-order valence-electron chi connectivity index (χ2n) is 4.66. The van der Waals surface area contributed by atoms with Crippen LogP contribution in [0.25, 0.3) is 0 Å². The molecule has 1 aromatic heterocycles. The fraction of sp³-hybridized carbons (Fsp3) is 0.615. The van der Waals surface area contributed by atoms with Gasteiger partial charge < -0.3 is 4.98 Å². The summed E-state index contributed by atoms with van der Waals surface area (Å²) in [5.74, 6) is 2.63. The van der Waals surface area contributed by atoms with E-state index in [0.29, 0.717) is 6.54 Å². The molecule has 1 saturated heterocycles. The highest BCUT2D eigenvalue weighted by atomic mass is 32.2. The zero-order valence-electron chi connectivity index (χ0n) is 10.6. The minimum absolute atomic E-state index is 0.249. The van der Waals surface area contributed by atoms with Gasteiger partial charge in [-0.25, -0.2) is 0 Å². The minimum atomic E-state index is 0.249. The fourth-order valence-electron chi connectivity index (χ4n) is 2.26. The third-order valence-corrected chi connectivity index (χ3v) is 4.18. The van der Waals surface area contributed by atoms with Gasteiger partial charge in [0, 0.05) is 29.2 Å². The van der Waals surface area contributed by atoms with Crippen LogP contribution in [-0.2, 0) is 0 Å². The predicted octanol–water partition coefficient (Wildman–Crippen LogP) is 2.25. The van der Waals surface area contributed by atoms with E-state index < -0.39 is 0 Å². The summed E-state index contributed by atoms with van der Waals surface area (Å²) in [7, 11) is 0. The van der Waals surface area contributed by atoms with Gasteiger partial charge in [0.25, 0.3) is 0 Å². The maximum atomic E-state index is 12.2. The summed E-state index contributed by atoms with van der Waals surface area (Å²) >= 11 is 1.99. The number of aryl methyl sites for hydroxylation is 2. The van der Waals surface area contributed by atoms with Crippen LogP contribution in [0.5, 0.6) is 0 Å². The molecule has 0 atom stereocenters. The first-order chi connectivity index (χ1) is 8.16. The maximum Gasteiger partial charge on any atom is 0.178 e. The molecule has 1 aromatic rings. The number of nitrogens with zero attached hydrogens (tertiary/aromatic N) is 1. The molecule has 1 aliphatic rings. The third kappa shape index (κ3) is 3.36. The topological polar surface area (TPSA) is 36.1 Å². The lowest BCUT2D eigenvalue weighted by Gasteiger charge is -2.18. The molecule has 0 aliphatic carbocycles. The van der Waals surface area contributed by atoms with Gasteiger partial charge in [-0.1, -0.05) is 0 Å². The average Bonchev–Trinajstić information content (AvgIpc) is 2.51. The molecule has 0 aromatic carbocycles. The molecule has 1 aliphatic heterocycles. The number of hydrogen-bond donors (Lipinski definition) is 1. The Hall–Kier alpha value is -0.740. The number of rotatable bonds is 3. The van der Waals surface area contributed by atoms with E-state index in [-0.39, 0.29) is 5.78 Å². The van der Waals surface area contributed by atoms with Gasteiger partial charge in [-0.3, -0.25) is 9.69 Å². The predicted molar refractivity (Wildman–Crippen MR) is 73.0 cm³/mol. The Morgan fingerprint density at radius 1 is 1.41 bits per heavy atom. The van der Waals surface area contributed by atoms with Crippen LogP contribution in [0.3, 0.4) is 0 Å². The van der Waals surface area contributed by atoms with Gasteiger partial charge in [-0.05, 0) is 38.6 Å². The number of carbonyl (C=O) groups is 1. The van der Waals surface area contributed by atoms with E-state index in [9.17, 15) is 4.79 Å². The highest BCUT2D eigenvalue weighted by molar-refractivity contribution is 7.99. The summed E-state index contributed by atoms with van der Waals surface area (Å²) in [6, 6.07) is 1.96. The van der Waals surface area contributed by atoms with Gasteiger partial charge in [0.1, 0.15) is 0 Å². The molecular weight excluding hydrogens is 232 g/mol. The number of aromatic amines is 1. The van der Waals surface area contributed by atoms with Gasteiger partial charge in [0.05, 0.1) is 6.54 Å². The lowest BCUT2D eigenvalue weighted by Crippen LogP contribution is -2.31. The third-order valence-electron chi connectivity index (χ3n) is 3.13. The van der Waals surface area contributed by atoms with Crippen LogP contribution < -0.4 is 0 Å². The molecule has 2 heterocycles. The van der Waals surface area contributed by atoms with Crippen LogP contribution >= 0.6 is 11.8 Å². The largest absolute Gasteiger partial charge is 0.362 e. The van der Waals surface area contributed by atoms with Crippen molar-refractivity contribution in [1.82, 2.24) is 9.88 Å². The summed E-state index contributed by atoms with van der Waals surface area (Å²) in [5, 5.41) is 0. The van der Waals surface area contributed by atoms with Crippen molar-refractivity contribution >= 4 is 17.5 Å². The lowest BCUT2D eigenvalue weighted by molar-refractivity contribution is 0.0935. The second-order valence-corrected chi connectivity index (χ2v) is 5.88. The van der Waals surface area contributed by atoms with E-state index in [1.807, 2.05) is 31.7 Å². The zero-order chi connectivity index (χ0) is 12.3. The number of carbonyl (C=O) groups excluding carboxylic acids is 1. The molecule has 0 bridgehead atoms. The van der Waals surface area contributed by atoms with Crippen molar-refractivity contribution in [1.29, 1.82) is 0 Å². The summed E-state index contributed by atoms with van der Waals surface area (Å²) in [5.41, 5.74) is 2.92. The van der Waals surface area contributed by atoms with Crippen molar-refractivity contribution < 1.29 is 4.79 Å². The molecule has 0 saturated carbocycles. The molecule has 1 fully saturated rings.